The van der Waals surface area contributed by atoms with E-state index in [2.05, 4.69) is 0 Å². The minimum Gasteiger partial charge on any atom is -0.480 e. The van der Waals surface area contributed by atoms with Gasteiger partial charge in [0.25, 0.3) is 5.56 Å². The molecule has 0 aliphatic carbocycles. The Balaban J connectivity index is 1.83. The number of hydrogen-bond acceptors (Lipinski definition) is 3. The van der Waals surface area contributed by atoms with Gasteiger partial charge in [-0.3, -0.25) is 9.59 Å². The third kappa shape index (κ3) is 4.07. The van der Waals surface area contributed by atoms with E-state index in [4.69, 9.17) is 28.3 Å². The van der Waals surface area contributed by atoms with Crippen molar-refractivity contribution in [1.29, 1.82) is 0 Å². The topological polar surface area (TPSA) is 77.1 Å². The average Bonchev–Trinajstić information content (AvgIpc) is 3.07. The van der Waals surface area contributed by atoms with Crippen LogP contribution in [0.2, 0.25) is 10.0 Å². The predicted molar refractivity (Wildman–Crippen MR) is 135 cm³/mol. The second kappa shape index (κ2) is 8.83. The smallest absolute Gasteiger partial charge is 0.323 e. The summed E-state index contributed by atoms with van der Waals surface area (Å²) in [7, 11) is 0. The second-order valence-electron chi connectivity index (χ2n) is 8.19. The van der Waals surface area contributed by atoms with Crippen molar-refractivity contribution < 1.29 is 14.3 Å². The van der Waals surface area contributed by atoms with Crippen LogP contribution in [0, 0.1) is 12.7 Å². The van der Waals surface area contributed by atoms with Crippen LogP contribution in [-0.2, 0) is 17.9 Å². The van der Waals surface area contributed by atoms with E-state index >= 15 is 0 Å². The molecular weight excluding hydrogens is 492 g/mol. The molecule has 0 fully saturated rings. The van der Waals surface area contributed by atoms with Crippen molar-refractivity contribution in [1.82, 2.24) is 14.3 Å². The van der Waals surface area contributed by atoms with Gasteiger partial charge in [-0.05, 0) is 48.9 Å². The number of nitrogens with zero attached hydrogens (tertiary/aromatic N) is 3. The van der Waals surface area contributed by atoms with E-state index < -0.39 is 11.8 Å². The van der Waals surface area contributed by atoms with Crippen LogP contribution in [0.3, 0.4) is 0 Å². The van der Waals surface area contributed by atoms with E-state index in [0.717, 1.165) is 0 Å². The van der Waals surface area contributed by atoms with Gasteiger partial charge >= 0.3 is 5.97 Å². The van der Waals surface area contributed by atoms with Crippen molar-refractivity contribution in [2.75, 3.05) is 0 Å². The number of carboxylic acids is 1. The number of benzene rings is 3. The molecule has 1 N–H and O–H groups in total. The van der Waals surface area contributed by atoms with Crippen molar-refractivity contribution in [3.63, 3.8) is 0 Å². The van der Waals surface area contributed by atoms with Gasteiger partial charge in [-0.1, -0.05) is 47.5 Å². The number of rotatable bonds is 5. The number of halogens is 3. The molecule has 0 aliphatic rings. The fourth-order valence-corrected chi connectivity index (χ4v) is 4.90. The first-order chi connectivity index (χ1) is 16.7. The van der Waals surface area contributed by atoms with Crippen LogP contribution < -0.4 is 5.56 Å². The molecule has 0 saturated heterocycles. The van der Waals surface area contributed by atoms with E-state index in [9.17, 15) is 19.1 Å². The summed E-state index contributed by atoms with van der Waals surface area (Å²) in [6.45, 7) is 1.55. The summed E-state index contributed by atoms with van der Waals surface area (Å²) in [6.07, 6.45) is 0. The highest BCUT2D eigenvalue weighted by Gasteiger charge is 2.22. The van der Waals surface area contributed by atoms with Gasteiger partial charge in [-0.2, -0.15) is 5.10 Å². The number of carboxylic acid groups (broad SMARTS) is 1. The number of aliphatic carboxylic acids is 1. The average molecular weight is 510 g/mol. The Kier molecular flexibility index (Phi) is 5.83. The van der Waals surface area contributed by atoms with Gasteiger partial charge in [0.05, 0.1) is 11.9 Å². The standard InChI is InChI=1S/C26H18Cl2FN3O3/c1-14-24(20-11-17(29)8-9-22(20)31(14)13-23(33)34)25-18-4-2-3-5-19(18)26(35)32(30-25)12-15-6-7-16(27)10-21(15)28/h2-11H,12-13H2,1H3,(H,33,34). The van der Waals surface area contributed by atoms with E-state index in [1.54, 1.807) is 60.0 Å². The van der Waals surface area contributed by atoms with E-state index in [-0.39, 0.29) is 18.6 Å². The predicted octanol–water partition coefficient (Wildman–Crippen LogP) is 5.91. The first-order valence-electron chi connectivity index (χ1n) is 10.7. The molecule has 0 spiro atoms. The maximum absolute atomic E-state index is 14.3. The van der Waals surface area contributed by atoms with Crippen LogP contribution in [0.5, 0.6) is 0 Å². The molecule has 176 valence electrons. The summed E-state index contributed by atoms with van der Waals surface area (Å²) >= 11 is 12.4. The highest BCUT2D eigenvalue weighted by atomic mass is 35.5. The summed E-state index contributed by atoms with van der Waals surface area (Å²) < 4.78 is 17.2. The van der Waals surface area contributed by atoms with Gasteiger partial charge < -0.3 is 9.67 Å². The highest BCUT2D eigenvalue weighted by molar-refractivity contribution is 6.35. The lowest BCUT2D eigenvalue weighted by molar-refractivity contribution is -0.137. The largest absolute Gasteiger partial charge is 0.480 e. The summed E-state index contributed by atoms with van der Waals surface area (Å²) in [5.74, 6) is -1.49. The van der Waals surface area contributed by atoms with Crippen LogP contribution in [0.1, 0.15) is 11.3 Å². The molecule has 0 unspecified atom stereocenters. The minimum absolute atomic E-state index is 0.0911. The molecule has 0 aliphatic heterocycles. The zero-order valence-electron chi connectivity index (χ0n) is 18.4. The molecule has 0 amide bonds. The third-order valence-corrected chi connectivity index (χ3v) is 6.61. The van der Waals surface area contributed by atoms with Crippen LogP contribution in [-0.4, -0.2) is 25.4 Å². The van der Waals surface area contributed by atoms with Crippen LogP contribution in [0.25, 0.3) is 32.9 Å². The number of hydrogen-bond donors (Lipinski definition) is 1. The van der Waals surface area contributed by atoms with Gasteiger partial charge in [0.15, 0.2) is 0 Å². The molecule has 2 aromatic heterocycles. The van der Waals surface area contributed by atoms with Gasteiger partial charge in [-0.25, -0.2) is 9.07 Å². The monoisotopic (exact) mass is 509 g/mol. The molecule has 0 saturated carbocycles. The molecule has 0 atom stereocenters. The molecule has 0 bridgehead atoms. The molecular formula is C26H18Cl2FN3O3. The third-order valence-electron chi connectivity index (χ3n) is 6.02. The van der Waals surface area contributed by atoms with E-state index in [1.165, 1.54) is 16.8 Å². The van der Waals surface area contributed by atoms with Gasteiger partial charge in [0.1, 0.15) is 18.1 Å². The number of fused-ring (bicyclic) bond motifs is 2. The van der Waals surface area contributed by atoms with Crippen molar-refractivity contribution in [3.05, 3.63) is 98.1 Å². The zero-order valence-corrected chi connectivity index (χ0v) is 19.9. The fourth-order valence-electron chi connectivity index (χ4n) is 4.43. The summed E-state index contributed by atoms with van der Waals surface area (Å²) in [4.78, 5) is 24.9. The van der Waals surface area contributed by atoms with Crippen molar-refractivity contribution in [3.8, 4) is 11.3 Å². The maximum atomic E-state index is 14.3. The number of aromatic nitrogens is 3. The summed E-state index contributed by atoms with van der Waals surface area (Å²) in [5.41, 5.74) is 2.51. The molecule has 5 rings (SSSR count). The Morgan fingerprint density at radius 3 is 2.49 bits per heavy atom. The van der Waals surface area contributed by atoms with Gasteiger partial charge in [0, 0.05) is 37.6 Å². The first kappa shape index (κ1) is 23.1. The van der Waals surface area contributed by atoms with E-state index in [1.807, 2.05) is 0 Å². The first-order valence-corrected chi connectivity index (χ1v) is 11.4. The van der Waals surface area contributed by atoms with Crippen LogP contribution in [0.4, 0.5) is 4.39 Å². The van der Waals surface area contributed by atoms with Gasteiger partial charge in [-0.15, -0.1) is 0 Å². The van der Waals surface area contributed by atoms with Crippen molar-refractivity contribution in [2.45, 2.75) is 20.0 Å². The second-order valence-corrected chi connectivity index (χ2v) is 9.04. The van der Waals surface area contributed by atoms with Crippen molar-refractivity contribution in [2.24, 2.45) is 0 Å². The Hall–Kier alpha value is -3.68. The zero-order chi connectivity index (χ0) is 24.9. The molecule has 6 nitrogen and oxygen atoms in total. The molecule has 0 radical (unpaired) electrons. The Morgan fingerprint density at radius 1 is 1.03 bits per heavy atom. The summed E-state index contributed by atoms with van der Waals surface area (Å²) in [6, 6.07) is 16.2. The number of carbonyl (C=O) groups is 1. The SMILES string of the molecule is Cc1c(-c2nn(Cc3ccc(Cl)cc3Cl)c(=O)c3ccccc23)c2cc(F)ccc2n1CC(=O)O. The molecule has 35 heavy (non-hydrogen) atoms. The molecule has 9 heteroatoms. The van der Waals surface area contributed by atoms with Gasteiger partial charge in [0.2, 0.25) is 0 Å². The molecule has 3 aromatic carbocycles. The lowest BCUT2D eigenvalue weighted by atomic mass is 10.0. The normalized spacial score (nSPS) is 11.4. The van der Waals surface area contributed by atoms with Crippen LogP contribution in [0.15, 0.2) is 65.5 Å². The van der Waals surface area contributed by atoms with Crippen molar-refractivity contribution >= 4 is 50.8 Å². The summed E-state index contributed by atoms with van der Waals surface area (Å²) in [5, 5.41) is 16.6. The maximum Gasteiger partial charge on any atom is 0.323 e. The van der Waals surface area contributed by atoms with E-state index in [0.29, 0.717) is 54.2 Å². The quantitative estimate of drug-likeness (QED) is 0.319. The fraction of sp³-hybridized carbons (Fsp3) is 0.115. The lowest BCUT2D eigenvalue weighted by Crippen LogP contribution is -2.24. The Labute approximate surface area is 208 Å². The minimum atomic E-state index is -1.03. The molecule has 2 heterocycles. The Bertz CT molecular complexity index is 1710. The van der Waals surface area contributed by atoms with Crippen LogP contribution >= 0.6 is 23.2 Å². The molecule has 5 aromatic rings. The Morgan fingerprint density at radius 2 is 1.77 bits per heavy atom. The highest BCUT2D eigenvalue weighted by Crippen LogP contribution is 2.37. The lowest BCUT2D eigenvalue weighted by Gasteiger charge is -2.13.